The predicted molar refractivity (Wildman–Crippen MR) is 64.5 cm³/mol. The summed E-state index contributed by atoms with van der Waals surface area (Å²) in [6.07, 6.45) is 0.494. The maximum atomic E-state index is 10.8. The van der Waals surface area contributed by atoms with Gasteiger partial charge in [0.1, 0.15) is 6.61 Å². The fourth-order valence-corrected chi connectivity index (χ4v) is 1.26. The molecule has 0 fully saturated rings. The van der Waals surface area contributed by atoms with Crippen molar-refractivity contribution in [1.29, 1.82) is 0 Å². The Bertz CT molecular complexity index is 420. The molecule has 0 saturated heterocycles. The van der Waals surface area contributed by atoms with Gasteiger partial charge in [0.15, 0.2) is 5.75 Å². The summed E-state index contributed by atoms with van der Waals surface area (Å²) in [5.41, 5.74) is -1.21. The van der Waals surface area contributed by atoms with Gasteiger partial charge >= 0.3 is 5.69 Å². The van der Waals surface area contributed by atoms with Gasteiger partial charge in [-0.3, -0.25) is 10.1 Å². The summed E-state index contributed by atoms with van der Waals surface area (Å²) in [6.45, 7) is 3.40. The van der Waals surface area contributed by atoms with Crippen LogP contribution in [0.4, 0.5) is 5.69 Å². The predicted octanol–water partition coefficient (Wildman–Crippen LogP) is 2.79. The largest absolute Gasteiger partial charge is 0.484 e. The van der Waals surface area contributed by atoms with E-state index in [9.17, 15) is 15.2 Å². The molecule has 1 atom stereocenters. The number of hydrogen-bond donors (Lipinski definition) is 1. The molecule has 0 radical (unpaired) electrons. The SMILES string of the molecule is CCC(C)(O)COc1ccc(Cl)cc1[N+](=O)[O-]. The molecular formula is C11H14ClNO4. The minimum atomic E-state index is -1.01. The molecule has 1 N–H and O–H groups in total. The van der Waals surface area contributed by atoms with Crippen LogP contribution in [0.2, 0.25) is 5.02 Å². The number of aliphatic hydroxyl groups is 1. The van der Waals surface area contributed by atoms with Gasteiger partial charge in [0, 0.05) is 11.1 Å². The van der Waals surface area contributed by atoms with E-state index in [0.29, 0.717) is 6.42 Å². The number of benzene rings is 1. The summed E-state index contributed by atoms with van der Waals surface area (Å²) in [5, 5.41) is 20.8. The third-order valence-electron chi connectivity index (χ3n) is 2.42. The monoisotopic (exact) mass is 259 g/mol. The van der Waals surface area contributed by atoms with Crippen molar-refractivity contribution in [3.05, 3.63) is 33.3 Å². The highest BCUT2D eigenvalue weighted by Crippen LogP contribution is 2.30. The fourth-order valence-electron chi connectivity index (χ4n) is 1.09. The van der Waals surface area contributed by atoms with Gasteiger partial charge in [-0.25, -0.2) is 0 Å². The van der Waals surface area contributed by atoms with Gasteiger partial charge < -0.3 is 9.84 Å². The molecule has 94 valence electrons. The van der Waals surface area contributed by atoms with Gasteiger partial charge in [-0.05, 0) is 25.5 Å². The van der Waals surface area contributed by atoms with Crippen molar-refractivity contribution in [2.24, 2.45) is 0 Å². The summed E-state index contributed by atoms with van der Waals surface area (Å²) in [6, 6.07) is 4.15. The first kappa shape index (κ1) is 13.7. The molecule has 0 aromatic heterocycles. The Morgan fingerprint density at radius 2 is 2.24 bits per heavy atom. The Hall–Kier alpha value is -1.33. The summed E-state index contributed by atoms with van der Waals surface area (Å²) >= 11 is 5.67. The second kappa shape index (κ2) is 5.33. The summed E-state index contributed by atoms with van der Waals surface area (Å²) in [5.74, 6) is 0.105. The van der Waals surface area contributed by atoms with Gasteiger partial charge in [0.2, 0.25) is 0 Å². The van der Waals surface area contributed by atoms with Crippen LogP contribution >= 0.6 is 11.6 Å². The summed E-state index contributed by atoms with van der Waals surface area (Å²) < 4.78 is 5.26. The summed E-state index contributed by atoms with van der Waals surface area (Å²) in [7, 11) is 0. The number of nitro groups is 1. The first-order valence-corrected chi connectivity index (χ1v) is 5.52. The lowest BCUT2D eigenvalue weighted by molar-refractivity contribution is -0.386. The third kappa shape index (κ3) is 3.87. The van der Waals surface area contributed by atoms with Crippen LogP contribution in [-0.4, -0.2) is 22.2 Å². The van der Waals surface area contributed by atoms with Crippen molar-refractivity contribution in [3.8, 4) is 5.75 Å². The van der Waals surface area contributed by atoms with Gasteiger partial charge in [0.25, 0.3) is 0 Å². The molecule has 0 amide bonds. The van der Waals surface area contributed by atoms with Crippen LogP contribution in [0.3, 0.4) is 0 Å². The second-order valence-corrected chi connectivity index (χ2v) is 4.44. The maximum Gasteiger partial charge on any atom is 0.312 e. The second-order valence-electron chi connectivity index (χ2n) is 4.01. The molecule has 0 spiro atoms. The molecule has 6 heteroatoms. The molecule has 0 saturated carbocycles. The van der Waals surface area contributed by atoms with Gasteiger partial charge in [-0.1, -0.05) is 18.5 Å². The number of nitro benzene ring substituents is 1. The van der Waals surface area contributed by atoms with Crippen molar-refractivity contribution >= 4 is 17.3 Å². The van der Waals surface area contributed by atoms with Crippen LogP contribution in [0, 0.1) is 10.1 Å². The minimum Gasteiger partial charge on any atom is -0.484 e. The van der Waals surface area contributed by atoms with E-state index in [1.807, 2.05) is 0 Å². The van der Waals surface area contributed by atoms with Crippen LogP contribution in [0.5, 0.6) is 5.75 Å². The van der Waals surface area contributed by atoms with Gasteiger partial charge in [0.05, 0.1) is 10.5 Å². The lowest BCUT2D eigenvalue weighted by atomic mass is 10.1. The Kier molecular flexibility index (Phi) is 4.31. The van der Waals surface area contributed by atoms with Crippen molar-refractivity contribution in [3.63, 3.8) is 0 Å². The van der Waals surface area contributed by atoms with E-state index >= 15 is 0 Å². The zero-order valence-electron chi connectivity index (χ0n) is 9.64. The molecular weight excluding hydrogens is 246 g/mol. The standard InChI is InChI=1S/C11H14ClNO4/c1-3-11(2,14)7-17-10-5-4-8(12)6-9(10)13(15)16/h4-6,14H,3,7H2,1-2H3. The molecule has 1 aromatic rings. The highest BCUT2D eigenvalue weighted by atomic mass is 35.5. The number of halogens is 1. The van der Waals surface area contributed by atoms with E-state index in [2.05, 4.69) is 0 Å². The van der Waals surface area contributed by atoms with Crippen LogP contribution in [-0.2, 0) is 0 Å². The minimum absolute atomic E-state index is 0.00796. The van der Waals surface area contributed by atoms with Crippen LogP contribution in [0.15, 0.2) is 18.2 Å². The van der Waals surface area contributed by atoms with E-state index < -0.39 is 10.5 Å². The number of hydrogen-bond acceptors (Lipinski definition) is 4. The lowest BCUT2D eigenvalue weighted by Crippen LogP contribution is -2.31. The van der Waals surface area contributed by atoms with Crippen LogP contribution in [0.1, 0.15) is 20.3 Å². The first-order chi connectivity index (χ1) is 7.85. The Labute approximate surface area is 104 Å². The van der Waals surface area contributed by atoms with E-state index in [0.717, 1.165) is 0 Å². The van der Waals surface area contributed by atoms with E-state index in [-0.39, 0.29) is 23.1 Å². The number of nitrogens with zero attached hydrogens (tertiary/aromatic N) is 1. The van der Waals surface area contributed by atoms with E-state index in [1.165, 1.54) is 18.2 Å². The first-order valence-electron chi connectivity index (χ1n) is 5.15. The number of rotatable bonds is 5. The quantitative estimate of drug-likeness (QED) is 0.652. The molecule has 0 bridgehead atoms. The van der Waals surface area contributed by atoms with Crippen LogP contribution < -0.4 is 4.74 Å². The van der Waals surface area contributed by atoms with Gasteiger partial charge in [-0.15, -0.1) is 0 Å². The van der Waals surface area contributed by atoms with Crippen LogP contribution in [0.25, 0.3) is 0 Å². The lowest BCUT2D eigenvalue weighted by Gasteiger charge is -2.21. The Morgan fingerprint density at radius 1 is 1.59 bits per heavy atom. The molecule has 0 heterocycles. The molecule has 0 aliphatic carbocycles. The molecule has 0 aliphatic rings. The van der Waals surface area contributed by atoms with Crippen molar-refractivity contribution in [2.45, 2.75) is 25.9 Å². The van der Waals surface area contributed by atoms with Crippen molar-refractivity contribution in [2.75, 3.05) is 6.61 Å². The molecule has 0 aliphatic heterocycles. The van der Waals surface area contributed by atoms with E-state index in [4.69, 9.17) is 16.3 Å². The van der Waals surface area contributed by atoms with Gasteiger partial charge in [-0.2, -0.15) is 0 Å². The molecule has 5 nitrogen and oxygen atoms in total. The number of ether oxygens (including phenoxy) is 1. The van der Waals surface area contributed by atoms with Crippen molar-refractivity contribution in [1.82, 2.24) is 0 Å². The highest BCUT2D eigenvalue weighted by molar-refractivity contribution is 6.30. The maximum absolute atomic E-state index is 10.8. The zero-order chi connectivity index (χ0) is 13.1. The normalized spacial score (nSPS) is 14.1. The molecule has 17 heavy (non-hydrogen) atoms. The Morgan fingerprint density at radius 3 is 2.76 bits per heavy atom. The third-order valence-corrected chi connectivity index (χ3v) is 2.65. The molecule has 1 rings (SSSR count). The molecule has 1 unspecified atom stereocenters. The van der Waals surface area contributed by atoms with E-state index in [1.54, 1.807) is 13.8 Å². The highest BCUT2D eigenvalue weighted by Gasteiger charge is 2.22. The Balaban J connectivity index is 2.88. The summed E-state index contributed by atoms with van der Waals surface area (Å²) in [4.78, 5) is 10.2. The molecule has 1 aromatic carbocycles. The average molecular weight is 260 g/mol. The smallest absolute Gasteiger partial charge is 0.312 e. The topological polar surface area (TPSA) is 72.6 Å². The zero-order valence-corrected chi connectivity index (χ0v) is 10.4. The average Bonchev–Trinajstić information content (AvgIpc) is 2.27. The van der Waals surface area contributed by atoms with Crippen molar-refractivity contribution < 1.29 is 14.8 Å². The fraction of sp³-hybridized carbons (Fsp3) is 0.455.